The normalized spacial score (nSPS) is 15.8. The maximum Gasteiger partial charge on any atom is 0.255 e. The molecule has 4 nitrogen and oxygen atoms in total. The minimum absolute atomic E-state index is 0.0651. The lowest BCUT2D eigenvalue weighted by molar-refractivity contribution is -0.115. The zero-order valence-corrected chi connectivity index (χ0v) is 19.3. The zero-order valence-electron chi connectivity index (χ0n) is 18.5. The molecule has 1 fully saturated rings. The molecule has 1 saturated heterocycles. The van der Waals surface area contributed by atoms with Crippen LogP contribution in [0.3, 0.4) is 0 Å². The molecule has 0 unspecified atom stereocenters. The van der Waals surface area contributed by atoms with E-state index in [1.165, 1.54) is 5.56 Å². The Morgan fingerprint density at radius 2 is 1.81 bits per heavy atom. The van der Waals surface area contributed by atoms with Gasteiger partial charge in [-0.25, -0.2) is 0 Å². The first-order valence-electron chi connectivity index (χ1n) is 11.1. The van der Waals surface area contributed by atoms with Gasteiger partial charge in [0.15, 0.2) is 0 Å². The van der Waals surface area contributed by atoms with Gasteiger partial charge in [0.05, 0.1) is 5.75 Å². The van der Waals surface area contributed by atoms with Crippen LogP contribution in [-0.2, 0) is 11.2 Å². The van der Waals surface area contributed by atoms with Crippen LogP contribution in [-0.4, -0.2) is 17.6 Å². The fourth-order valence-corrected chi connectivity index (χ4v) is 5.04. The number of amides is 2. The van der Waals surface area contributed by atoms with Crippen molar-refractivity contribution < 1.29 is 9.59 Å². The molecule has 164 valence electrons. The van der Waals surface area contributed by atoms with Gasteiger partial charge in [-0.1, -0.05) is 49.7 Å². The van der Waals surface area contributed by atoms with Gasteiger partial charge in [-0.3, -0.25) is 14.5 Å². The molecule has 5 heteroatoms. The fraction of sp³-hybridized carbons (Fsp3) is 0.259. The molecule has 2 amide bonds. The summed E-state index contributed by atoms with van der Waals surface area (Å²) in [6.45, 7) is 4.21. The monoisotopic (exact) mass is 444 g/mol. The van der Waals surface area contributed by atoms with Gasteiger partial charge in [0.25, 0.3) is 5.91 Å². The Balaban J connectivity index is 1.44. The second kappa shape index (κ2) is 10.0. The minimum atomic E-state index is -0.119. The maximum absolute atomic E-state index is 12.6. The molecule has 0 saturated carbocycles. The predicted octanol–water partition coefficient (Wildman–Crippen LogP) is 6.37. The van der Waals surface area contributed by atoms with Crippen molar-refractivity contribution in [2.75, 3.05) is 16.0 Å². The molecular formula is C27H28N2O2S. The Morgan fingerprint density at radius 3 is 2.50 bits per heavy atom. The van der Waals surface area contributed by atoms with Crippen LogP contribution in [0.5, 0.6) is 0 Å². The van der Waals surface area contributed by atoms with Crippen LogP contribution >= 0.6 is 11.8 Å². The molecule has 32 heavy (non-hydrogen) atoms. The van der Waals surface area contributed by atoms with Gasteiger partial charge in [0.1, 0.15) is 5.37 Å². The third-order valence-corrected chi connectivity index (χ3v) is 6.85. The summed E-state index contributed by atoms with van der Waals surface area (Å²) in [4.78, 5) is 27.1. The van der Waals surface area contributed by atoms with Crippen LogP contribution in [0, 0.1) is 6.92 Å². The first kappa shape index (κ1) is 22.2. The van der Waals surface area contributed by atoms with Crippen molar-refractivity contribution >= 4 is 35.0 Å². The number of thioether (sulfide) groups is 1. The van der Waals surface area contributed by atoms with Gasteiger partial charge >= 0.3 is 0 Å². The first-order chi connectivity index (χ1) is 15.5. The number of aryl methyl sites for hydroxylation is 2. The minimum Gasteiger partial charge on any atom is -0.322 e. The molecule has 0 radical (unpaired) electrons. The first-order valence-corrected chi connectivity index (χ1v) is 12.1. The van der Waals surface area contributed by atoms with Crippen LogP contribution in [0.4, 0.5) is 11.4 Å². The summed E-state index contributed by atoms with van der Waals surface area (Å²) in [5, 5.41) is 2.91. The summed E-state index contributed by atoms with van der Waals surface area (Å²) in [6, 6.07) is 23.6. The van der Waals surface area contributed by atoms with Crippen LogP contribution in [0.1, 0.15) is 52.2 Å². The van der Waals surface area contributed by atoms with Crippen molar-refractivity contribution in [1.82, 2.24) is 0 Å². The molecule has 1 atom stereocenters. The van der Waals surface area contributed by atoms with Crippen molar-refractivity contribution in [3.63, 3.8) is 0 Å². The number of benzene rings is 3. The topological polar surface area (TPSA) is 49.4 Å². The number of unbranched alkanes of at least 4 members (excludes halogenated alkanes) is 1. The van der Waals surface area contributed by atoms with Crippen LogP contribution in [0.25, 0.3) is 0 Å². The second-order valence-corrected chi connectivity index (χ2v) is 9.21. The lowest BCUT2D eigenvalue weighted by atomic mass is 10.1. The summed E-state index contributed by atoms with van der Waals surface area (Å²) < 4.78 is 0. The summed E-state index contributed by atoms with van der Waals surface area (Å²) in [6.07, 6.45) is 3.36. The maximum atomic E-state index is 12.6. The van der Waals surface area contributed by atoms with Crippen molar-refractivity contribution in [3.05, 3.63) is 95.1 Å². The van der Waals surface area contributed by atoms with Crippen molar-refractivity contribution in [2.24, 2.45) is 0 Å². The van der Waals surface area contributed by atoms with E-state index in [1.807, 2.05) is 84.6 Å². The van der Waals surface area contributed by atoms with E-state index >= 15 is 0 Å². The molecule has 0 aromatic heterocycles. The van der Waals surface area contributed by atoms with Gasteiger partial charge in [-0.05, 0) is 72.9 Å². The smallest absolute Gasteiger partial charge is 0.255 e. The van der Waals surface area contributed by atoms with Crippen LogP contribution < -0.4 is 10.2 Å². The van der Waals surface area contributed by atoms with E-state index in [-0.39, 0.29) is 17.2 Å². The van der Waals surface area contributed by atoms with Crippen molar-refractivity contribution in [3.8, 4) is 0 Å². The molecule has 0 spiro atoms. The van der Waals surface area contributed by atoms with Gasteiger partial charge in [0.2, 0.25) is 5.91 Å². The average Bonchev–Trinajstić information content (AvgIpc) is 3.20. The molecule has 1 aliphatic rings. The highest BCUT2D eigenvalue weighted by Crippen LogP contribution is 2.42. The van der Waals surface area contributed by atoms with E-state index in [0.29, 0.717) is 11.3 Å². The largest absolute Gasteiger partial charge is 0.322 e. The lowest BCUT2D eigenvalue weighted by Crippen LogP contribution is -2.27. The molecule has 3 aromatic rings. The Morgan fingerprint density at radius 1 is 1.06 bits per heavy atom. The lowest BCUT2D eigenvalue weighted by Gasteiger charge is -2.25. The Bertz CT molecular complexity index is 1090. The molecule has 1 N–H and O–H groups in total. The van der Waals surface area contributed by atoms with Gasteiger partial charge in [-0.2, -0.15) is 0 Å². The third kappa shape index (κ3) is 5.05. The Kier molecular flexibility index (Phi) is 6.96. The standard InChI is InChI=1S/C27H28N2O2S/c1-3-4-7-20-9-11-21(12-10-20)26(31)28-23-15-13-22(14-16-23)27-29(25(30)18-32-27)24-8-5-6-19(2)17-24/h5-6,8-17,27H,3-4,7,18H2,1-2H3,(H,28,31)/t27-/m0/s1. The van der Waals surface area contributed by atoms with E-state index in [2.05, 4.69) is 12.2 Å². The van der Waals surface area contributed by atoms with E-state index in [9.17, 15) is 9.59 Å². The highest BCUT2D eigenvalue weighted by atomic mass is 32.2. The van der Waals surface area contributed by atoms with E-state index in [0.717, 1.165) is 41.8 Å². The average molecular weight is 445 g/mol. The number of anilines is 2. The van der Waals surface area contributed by atoms with Crippen molar-refractivity contribution in [1.29, 1.82) is 0 Å². The molecule has 1 aliphatic heterocycles. The number of nitrogens with one attached hydrogen (secondary N) is 1. The van der Waals surface area contributed by atoms with Gasteiger partial charge in [-0.15, -0.1) is 11.8 Å². The summed E-state index contributed by atoms with van der Waals surface area (Å²) in [5.74, 6) is 0.461. The Hall–Kier alpha value is -3.05. The fourth-order valence-electron chi connectivity index (χ4n) is 3.87. The number of rotatable bonds is 7. The molecule has 1 heterocycles. The zero-order chi connectivity index (χ0) is 22.5. The summed E-state index contributed by atoms with van der Waals surface area (Å²) in [5.41, 5.74) is 5.74. The predicted molar refractivity (Wildman–Crippen MR) is 133 cm³/mol. The third-order valence-electron chi connectivity index (χ3n) is 5.64. The van der Waals surface area contributed by atoms with Gasteiger partial charge < -0.3 is 5.32 Å². The summed E-state index contributed by atoms with van der Waals surface area (Å²) >= 11 is 1.62. The molecular weight excluding hydrogens is 416 g/mol. The van der Waals surface area contributed by atoms with Gasteiger partial charge in [0, 0.05) is 16.9 Å². The van der Waals surface area contributed by atoms with Crippen molar-refractivity contribution in [2.45, 2.75) is 38.5 Å². The van der Waals surface area contributed by atoms with E-state index in [4.69, 9.17) is 0 Å². The molecule has 4 rings (SSSR count). The molecule has 0 bridgehead atoms. The summed E-state index contributed by atoms with van der Waals surface area (Å²) in [7, 11) is 0. The van der Waals surface area contributed by atoms with E-state index in [1.54, 1.807) is 11.8 Å². The Labute approximate surface area is 194 Å². The highest BCUT2D eigenvalue weighted by Gasteiger charge is 2.34. The quantitative estimate of drug-likeness (QED) is 0.461. The van der Waals surface area contributed by atoms with Crippen LogP contribution in [0.15, 0.2) is 72.8 Å². The SMILES string of the molecule is CCCCc1ccc(C(=O)Nc2ccc([C@@H]3SCC(=O)N3c3cccc(C)c3)cc2)cc1. The highest BCUT2D eigenvalue weighted by molar-refractivity contribution is 8.00. The number of nitrogens with zero attached hydrogens (tertiary/aromatic N) is 1. The molecule has 3 aromatic carbocycles. The van der Waals surface area contributed by atoms with E-state index < -0.39 is 0 Å². The number of carbonyl (C=O) groups excluding carboxylic acids is 2. The van der Waals surface area contributed by atoms with Crippen LogP contribution in [0.2, 0.25) is 0 Å². The second-order valence-electron chi connectivity index (χ2n) is 8.14. The number of hydrogen-bond acceptors (Lipinski definition) is 3. The number of hydrogen-bond donors (Lipinski definition) is 1. The number of carbonyl (C=O) groups is 2. The molecule has 0 aliphatic carbocycles.